The molecule has 0 spiro atoms. The number of amides is 2. The summed E-state index contributed by atoms with van der Waals surface area (Å²) >= 11 is 0. The van der Waals surface area contributed by atoms with Crippen molar-refractivity contribution in [3.63, 3.8) is 0 Å². The highest BCUT2D eigenvalue weighted by Crippen LogP contribution is 2.36. The molecule has 5 nitrogen and oxygen atoms in total. The number of rotatable bonds is 4. The first kappa shape index (κ1) is 16.1. The molecule has 5 heteroatoms. The van der Waals surface area contributed by atoms with Crippen LogP contribution in [0.1, 0.15) is 59.3 Å². The molecule has 1 saturated carbocycles. The van der Waals surface area contributed by atoms with E-state index in [9.17, 15) is 14.7 Å². The molecule has 2 fully saturated rings. The van der Waals surface area contributed by atoms with Gasteiger partial charge in [0.15, 0.2) is 0 Å². The molecule has 1 heterocycles. The summed E-state index contributed by atoms with van der Waals surface area (Å²) in [7, 11) is 0. The lowest BCUT2D eigenvalue weighted by Gasteiger charge is -2.35. The first-order valence-electron chi connectivity index (χ1n) is 8.27. The Bertz CT molecular complexity index is 412. The molecule has 4 atom stereocenters. The maximum absolute atomic E-state index is 12.6. The van der Waals surface area contributed by atoms with Gasteiger partial charge >= 0.3 is 12.0 Å². The lowest BCUT2D eigenvalue weighted by molar-refractivity contribution is -0.148. The Morgan fingerprint density at radius 2 is 2.05 bits per heavy atom. The summed E-state index contributed by atoms with van der Waals surface area (Å²) in [6, 6.07) is -0.00301. The van der Waals surface area contributed by atoms with Gasteiger partial charge < -0.3 is 15.3 Å². The number of nitrogens with one attached hydrogen (secondary N) is 1. The van der Waals surface area contributed by atoms with Crippen molar-refractivity contribution in [3.05, 3.63) is 0 Å². The van der Waals surface area contributed by atoms with Crippen molar-refractivity contribution < 1.29 is 14.7 Å². The van der Waals surface area contributed by atoms with Gasteiger partial charge in [-0.05, 0) is 43.9 Å². The van der Waals surface area contributed by atoms with Crippen molar-refractivity contribution in [3.8, 4) is 0 Å². The molecule has 0 bridgehead atoms. The largest absolute Gasteiger partial charge is 0.479 e. The zero-order chi connectivity index (χ0) is 15.6. The number of carboxylic acids is 1. The Morgan fingerprint density at radius 3 is 2.57 bits per heavy atom. The number of urea groups is 1. The van der Waals surface area contributed by atoms with E-state index in [1.54, 1.807) is 4.90 Å². The monoisotopic (exact) mass is 296 g/mol. The van der Waals surface area contributed by atoms with Gasteiger partial charge in [-0.2, -0.15) is 0 Å². The Hall–Kier alpha value is -1.26. The molecule has 2 aliphatic rings. The van der Waals surface area contributed by atoms with E-state index in [-0.39, 0.29) is 12.1 Å². The summed E-state index contributed by atoms with van der Waals surface area (Å²) in [6.07, 6.45) is 5.10. The summed E-state index contributed by atoms with van der Waals surface area (Å²) in [5, 5.41) is 12.7. The van der Waals surface area contributed by atoms with Gasteiger partial charge in [0.2, 0.25) is 0 Å². The van der Waals surface area contributed by atoms with Crippen molar-refractivity contribution in [2.45, 2.75) is 70.9 Å². The van der Waals surface area contributed by atoms with Crippen molar-refractivity contribution in [1.29, 1.82) is 0 Å². The average molecular weight is 296 g/mol. The molecule has 1 saturated heterocycles. The van der Waals surface area contributed by atoms with Crippen LogP contribution < -0.4 is 5.32 Å². The Labute approximate surface area is 127 Å². The van der Waals surface area contributed by atoms with Gasteiger partial charge in [0, 0.05) is 12.6 Å². The van der Waals surface area contributed by atoms with Crippen LogP contribution in [0.25, 0.3) is 0 Å². The van der Waals surface area contributed by atoms with E-state index in [1.807, 2.05) is 6.92 Å². The summed E-state index contributed by atoms with van der Waals surface area (Å²) in [6.45, 7) is 6.79. The quantitative estimate of drug-likeness (QED) is 0.838. The maximum atomic E-state index is 12.6. The lowest BCUT2D eigenvalue weighted by Crippen LogP contribution is -2.57. The fourth-order valence-electron chi connectivity index (χ4n) is 4.18. The lowest BCUT2D eigenvalue weighted by atomic mass is 9.92. The molecule has 21 heavy (non-hydrogen) atoms. The van der Waals surface area contributed by atoms with E-state index >= 15 is 0 Å². The molecule has 1 aliphatic carbocycles. The molecular formula is C16H28N2O3. The highest BCUT2D eigenvalue weighted by atomic mass is 16.4. The first-order chi connectivity index (χ1) is 9.96. The normalized spacial score (nSPS) is 36.0. The summed E-state index contributed by atoms with van der Waals surface area (Å²) < 4.78 is 0. The topological polar surface area (TPSA) is 69.6 Å². The predicted molar refractivity (Wildman–Crippen MR) is 81.1 cm³/mol. The number of hydrogen-bond donors (Lipinski definition) is 2. The average Bonchev–Trinajstić information content (AvgIpc) is 3.04. The van der Waals surface area contributed by atoms with Crippen LogP contribution >= 0.6 is 0 Å². The molecule has 0 aromatic carbocycles. The molecular weight excluding hydrogens is 268 g/mol. The predicted octanol–water partition coefficient (Wildman–Crippen LogP) is 2.85. The highest BCUT2D eigenvalue weighted by Gasteiger charge is 2.49. The second-order valence-corrected chi connectivity index (χ2v) is 6.61. The first-order valence-corrected chi connectivity index (χ1v) is 8.27. The summed E-state index contributed by atoms with van der Waals surface area (Å²) in [4.78, 5) is 25.8. The third kappa shape index (κ3) is 2.74. The van der Waals surface area contributed by atoms with Crippen LogP contribution in [0, 0.1) is 11.8 Å². The van der Waals surface area contributed by atoms with E-state index in [2.05, 4.69) is 19.2 Å². The molecule has 2 N–H and O–H groups in total. The third-order valence-electron chi connectivity index (χ3n) is 5.78. The fourth-order valence-corrected chi connectivity index (χ4v) is 4.18. The van der Waals surface area contributed by atoms with Crippen LogP contribution in [0.3, 0.4) is 0 Å². The van der Waals surface area contributed by atoms with E-state index < -0.39 is 11.5 Å². The molecule has 0 aromatic heterocycles. The van der Waals surface area contributed by atoms with Crippen molar-refractivity contribution >= 4 is 12.0 Å². The number of hydrogen-bond acceptors (Lipinski definition) is 2. The van der Waals surface area contributed by atoms with E-state index in [1.165, 1.54) is 0 Å². The SMILES string of the molecule is CCC1CCC(NC(=O)N2CCCC2(CC)C(=O)O)C1C. The van der Waals surface area contributed by atoms with Crippen LogP contribution in [0.2, 0.25) is 0 Å². The second kappa shape index (κ2) is 6.24. The molecule has 4 unspecified atom stereocenters. The Balaban J connectivity index is 2.05. The van der Waals surface area contributed by atoms with Gasteiger partial charge in [-0.25, -0.2) is 9.59 Å². The van der Waals surface area contributed by atoms with Gasteiger partial charge in [0.25, 0.3) is 0 Å². The fraction of sp³-hybridized carbons (Fsp3) is 0.875. The number of carbonyl (C=O) groups is 2. The van der Waals surface area contributed by atoms with Gasteiger partial charge in [-0.3, -0.25) is 0 Å². The number of aliphatic carboxylic acids is 1. The molecule has 120 valence electrons. The smallest absolute Gasteiger partial charge is 0.329 e. The van der Waals surface area contributed by atoms with Gasteiger partial charge in [0.05, 0.1) is 0 Å². The Kier molecular flexibility index (Phi) is 4.79. The van der Waals surface area contributed by atoms with Gasteiger partial charge in [0.1, 0.15) is 5.54 Å². The van der Waals surface area contributed by atoms with Crippen LogP contribution in [-0.4, -0.2) is 40.1 Å². The minimum Gasteiger partial charge on any atom is -0.479 e. The number of likely N-dealkylation sites (tertiary alicyclic amines) is 1. The zero-order valence-electron chi connectivity index (χ0n) is 13.4. The molecule has 0 radical (unpaired) electrons. The second-order valence-electron chi connectivity index (χ2n) is 6.61. The third-order valence-corrected chi connectivity index (χ3v) is 5.78. The minimum atomic E-state index is -1.00. The van der Waals surface area contributed by atoms with Crippen molar-refractivity contribution in [1.82, 2.24) is 10.2 Å². The van der Waals surface area contributed by atoms with E-state index in [4.69, 9.17) is 0 Å². The van der Waals surface area contributed by atoms with Crippen LogP contribution in [0.5, 0.6) is 0 Å². The summed E-state index contributed by atoms with van der Waals surface area (Å²) in [5.74, 6) is 0.273. The maximum Gasteiger partial charge on any atom is 0.329 e. The van der Waals surface area contributed by atoms with Crippen molar-refractivity contribution in [2.75, 3.05) is 6.54 Å². The molecule has 1 aliphatic heterocycles. The van der Waals surface area contributed by atoms with Crippen molar-refractivity contribution in [2.24, 2.45) is 11.8 Å². The minimum absolute atomic E-state index is 0.186. The van der Waals surface area contributed by atoms with Crippen LogP contribution in [0.15, 0.2) is 0 Å². The molecule has 2 amide bonds. The number of carbonyl (C=O) groups excluding carboxylic acids is 1. The number of nitrogens with zero attached hydrogens (tertiary/aromatic N) is 1. The van der Waals surface area contributed by atoms with Gasteiger partial charge in [-0.15, -0.1) is 0 Å². The standard InChI is InChI=1S/C16H28N2O3/c1-4-12-7-8-13(11(12)3)17-15(21)18-10-6-9-16(18,5-2)14(19)20/h11-13H,4-10H2,1-3H3,(H,17,21)(H,19,20). The molecule has 0 aromatic rings. The van der Waals surface area contributed by atoms with Crippen LogP contribution in [0.4, 0.5) is 4.79 Å². The van der Waals surface area contributed by atoms with Crippen LogP contribution in [-0.2, 0) is 4.79 Å². The summed E-state index contributed by atoms with van der Waals surface area (Å²) in [5.41, 5.74) is -1.00. The van der Waals surface area contributed by atoms with E-state index in [0.29, 0.717) is 31.2 Å². The highest BCUT2D eigenvalue weighted by molar-refractivity contribution is 5.87. The van der Waals surface area contributed by atoms with Gasteiger partial charge in [-0.1, -0.05) is 27.2 Å². The Morgan fingerprint density at radius 1 is 1.33 bits per heavy atom. The molecule has 2 rings (SSSR count). The zero-order valence-corrected chi connectivity index (χ0v) is 13.4. The van der Waals surface area contributed by atoms with E-state index in [0.717, 1.165) is 25.7 Å². The number of carboxylic acid groups (broad SMARTS) is 1.